The van der Waals surface area contributed by atoms with Gasteiger partial charge < -0.3 is 19.6 Å². The minimum Gasteiger partial charge on any atom is -0.459 e. The van der Waals surface area contributed by atoms with Crippen LogP contribution < -0.4 is 10.6 Å². The first kappa shape index (κ1) is 17.5. The zero-order valence-corrected chi connectivity index (χ0v) is 14.8. The lowest BCUT2D eigenvalue weighted by atomic mass is 10.2. The number of hydrogen-bond donors (Lipinski definition) is 2. The van der Waals surface area contributed by atoms with E-state index in [2.05, 4.69) is 27.3 Å². The normalized spacial score (nSPS) is 10.5. The van der Waals surface area contributed by atoms with E-state index in [0.29, 0.717) is 18.7 Å². The molecule has 0 aliphatic rings. The number of carbonyl (C=O) groups is 2. The molecule has 0 aliphatic heterocycles. The summed E-state index contributed by atoms with van der Waals surface area (Å²) in [4.78, 5) is 23.9. The number of carbonyl (C=O) groups excluding carboxylic acids is 2. The Hall–Kier alpha value is -3.28. The molecule has 3 aromatic rings. The highest BCUT2D eigenvalue weighted by atomic mass is 16.3. The summed E-state index contributed by atoms with van der Waals surface area (Å²) < 4.78 is 7.13. The molecule has 26 heavy (non-hydrogen) atoms. The van der Waals surface area contributed by atoms with Gasteiger partial charge in [-0.3, -0.25) is 9.59 Å². The van der Waals surface area contributed by atoms with Crippen LogP contribution in [0, 0.1) is 13.8 Å². The Morgan fingerprint density at radius 3 is 2.08 bits per heavy atom. The summed E-state index contributed by atoms with van der Waals surface area (Å²) in [6.45, 7) is 4.75. The Bertz CT molecular complexity index is 874. The topological polar surface area (TPSA) is 76.3 Å². The van der Waals surface area contributed by atoms with Gasteiger partial charge in [0.15, 0.2) is 5.76 Å². The number of nitrogens with zero attached hydrogens (tertiary/aromatic N) is 1. The van der Waals surface area contributed by atoms with Crippen LogP contribution in [0.1, 0.15) is 32.3 Å². The van der Waals surface area contributed by atoms with Crippen LogP contribution in [0.3, 0.4) is 0 Å². The number of amides is 2. The number of benzene rings is 1. The van der Waals surface area contributed by atoms with Crippen LogP contribution in [-0.4, -0.2) is 29.5 Å². The lowest BCUT2D eigenvalue weighted by Crippen LogP contribution is -2.34. The molecular formula is C20H21N3O3. The van der Waals surface area contributed by atoms with Crippen molar-refractivity contribution in [2.45, 2.75) is 13.8 Å². The molecule has 0 aliphatic carbocycles. The molecule has 1 aromatic carbocycles. The standard InChI is InChI=1S/C20H21N3O3/c1-14-5-6-15(2)23(14)17-9-7-16(8-10-17)19(24)21-11-12-22-20(25)18-4-3-13-26-18/h3-10,13H,11-12H2,1-2H3,(H,21,24)(H,22,25). The highest BCUT2D eigenvalue weighted by molar-refractivity contribution is 5.94. The quantitative estimate of drug-likeness (QED) is 0.671. The molecule has 0 radical (unpaired) electrons. The predicted octanol–water partition coefficient (Wildman–Crippen LogP) is 2.85. The Morgan fingerprint density at radius 1 is 0.885 bits per heavy atom. The van der Waals surface area contributed by atoms with Crippen molar-refractivity contribution in [2.24, 2.45) is 0 Å². The molecular weight excluding hydrogens is 330 g/mol. The van der Waals surface area contributed by atoms with Crippen LogP contribution in [0.5, 0.6) is 0 Å². The van der Waals surface area contributed by atoms with Gasteiger partial charge in [0.25, 0.3) is 11.8 Å². The van der Waals surface area contributed by atoms with Crippen molar-refractivity contribution in [1.82, 2.24) is 15.2 Å². The molecule has 6 heteroatoms. The summed E-state index contributed by atoms with van der Waals surface area (Å²) in [7, 11) is 0. The monoisotopic (exact) mass is 351 g/mol. The average Bonchev–Trinajstić information content (AvgIpc) is 3.29. The van der Waals surface area contributed by atoms with Gasteiger partial charge in [0.1, 0.15) is 0 Å². The van der Waals surface area contributed by atoms with Crippen LogP contribution >= 0.6 is 0 Å². The van der Waals surface area contributed by atoms with Crippen molar-refractivity contribution >= 4 is 11.8 Å². The number of aryl methyl sites for hydroxylation is 2. The fraction of sp³-hybridized carbons (Fsp3) is 0.200. The van der Waals surface area contributed by atoms with E-state index >= 15 is 0 Å². The molecule has 0 unspecified atom stereocenters. The second-order valence-electron chi connectivity index (χ2n) is 5.99. The minimum absolute atomic E-state index is 0.176. The SMILES string of the molecule is Cc1ccc(C)n1-c1ccc(C(=O)NCCNC(=O)c2ccco2)cc1. The van der Waals surface area contributed by atoms with Gasteiger partial charge >= 0.3 is 0 Å². The van der Waals surface area contributed by atoms with Gasteiger partial charge in [-0.1, -0.05) is 0 Å². The van der Waals surface area contributed by atoms with Crippen molar-refractivity contribution in [3.63, 3.8) is 0 Å². The van der Waals surface area contributed by atoms with E-state index in [0.717, 1.165) is 17.1 Å². The maximum atomic E-state index is 12.2. The zero-order valence-electron chi connectivity index (χ0n) is 14.8. The number of aromatic nitrogens is 1. The van der Waals surface area contributed by atoms with E-state index in [1.54, 1.807) is 24.3 Å². The van der Waals surface area contributed by atoms with Crippen molar-refractivity contribution in [2.75, 3.05) is 13.1 Å². The maximum absolute atomic E-state index is 12.2. The smallest absolute Gasteiger partial charge is 0.287 e. The second kappa shape index (κ2) is 7.74. The molecule has 3 rings (SSSR count). The molecule has 0 saturated heterocycles. The molecule has 0 saturated carbocycles. The summed E-state index contributed by atoms with van der Waals surface area (Å²) in [6.07, 6.45) is 1.44. The third kappa shape index (κ3) is 3.85. The molecule has 2 N–H and O–H groups in total. The highest BCUT2D eigenvalue weighted by Gasteiger charge is 2.09. The molecule has 0 bridgehead atoms. The van der Waals surface area contributed by atoms with E-state index in [1.807, 2.05) is 26.0 Å². The Morgan fingerprint density at radius 2 is 1.50 bits per heavy atom. The Kier molecular flexibility index (Phi) is 5.22. The first-order valence-electron chi connectivity index (χ1n) is 8.41. The van der Waals surface area contributed by atoms with E-state index in [1.165, 1.54) is 6.26 Å². The largest absolute Gasteiger partial charge is 0.459 e. The predicted molar refractivity (Wildman–Crippen MR) is 98.6 cm³/mol. The highest BCUT2D eigenvalue weighted by Crippen LogP contribution is 2.16. The first-order chi connectivity index (χ1) is 12.6. The Labute approximate surface area is 151 Å². The van der Waals surface area contributed by atoms with Gasteiger partial charge in [-0.15, -0.1) is 0 Å². The van der Waals surface area contributed by atoms with Crippen molar-refractivity contribution in [1.29, 1.82) is 0 Å². The van der Waals surface area contributed by atoms with Gasteiger partial charge in [-0.25, -0.2) is 0 Å². The van der Waals surface area contributed by atoms with Crippen LogP contribution in [0.15, 0.2) is 59.2 Å². The van der Waals surface area contributed by atoms with E-state index in [-0.39, 0.29) is 17.6 Å². The van der Waals surface area contributed by atoms with Crippen LogP contribution in [-0.2, 0) is 0 Å². The van der Waals surface area contributed by atoms with E-state index in [9.17, 15) is 9.59 Å². The molecule has 0 fully saturated rings. The van der Waals surface area contributed by atoms with Gasteiger partial charge in [-0.05, 0) is 62.4 Å². The van der Waals surface area contributed by atoms with Crippen molar-refractivity contribution < 1.29 is 14.0 Å². The molecule has 2 amide bonds. The molecule has 6 nitrogen and oxygen atoms in total. The van der Waals surface area contributed by atoms with Crippen LogP contribution in [0.25, 0.3) is 5.69 Å². The first-order valence-corrected chi connectivity index (χ1v) is 8.41. The van der Waals surface area contributed by atoms with E-state index < -0.39 is 0 Å². The lowest BCUT2D eigenvalue weighted by Gasteiger charge is -2.10. The fourth-order valence-electron chi connectivity index (χ4n) is 2.79. The molecule has 0 spiro atoms. The molecule has 134 valence electrons. The van der Waals surface area contributed by atoms with Crippen LogP contribution in [0.2, 0.25) is 0 Å². The fourth-order valence-corrected chi connectivity index (χ4v) is 2.79. The minimum atomic E-state index is -0.300. The number of hydrogen-bond acceptors (Lipinski definition) is 3. The summed E-state index contributed by atoms with van der Waals surface area (Å²) in [6, 6.07) is 14.8. The number of furan rings is 1. The van der Waals surface area contributed by atoms with Gasteiger partial charge in [0.2, 0.25) is 0 Å². The Balaban J connectivity index is 1.51. The van der Waals surface area contributed by atoms with Gasteiger partial charge in [0, 0.05) is 35.7 Å². The zero-order chi connectivity index (χ0) is 18.5. The van der Waals surface area contributed by atoms with Gasteiger partial charge in [-0.2, -0.15) is 0 Å². The van der Waals surface area contributed by atoms with Crippen molar-refractivity contribution in [3.05, 3.63) is 77.5 Å². The second-order valence-corrected chi connectivity index (χ2v) is 5.99. The number of nitrogens with one attached hydrogen (secondary N) is 2. The third-order valence-electron chi connectivity index (χ3n) is 4.10. The number of rotatable bonds is 6. The summed E-state index contributed by atoms with van der Waals surface area (Å²) in [5, 5.41) is 5.47. The summed E-state index contributed by atoms with van der Waals surface area (Å²) in [5.74, 6) is -0.224. The lowest BCUT2D eigenvalue weighted by molar-refractivity contribution is 0.0910. The van der Waals surface area contributed by atoms with Crippen molar-refractivity contribution in [3.8, 4) is 5.69 Å². The molecule has 2 aromatic heterocycles. The summed E-state index contributed by atoms with van der Waals surface area (Å²) in [5.41, 5.74) is 3.89. The van der Waals surface area contributed by atoms with Crippen LogP contribution in [0.4, 0.5) is 0 Å². The average molecular weight is 351 g/mol. The molecule has 2 heterocycles. The van der Waals surface area contributed by atoms with Gasteiger partial charge in [0.05, 0.1) is 6.26 Å². The maximum Gasteiger partial charge on any atom is 0.287 e. The summed E-state index contributed by atoms with van der Waals surface area (Å²) >= 11 is 0. The molecule has 0 atom stereocenters. The van der Waals surface area contributed by atoms with E-state index in [4.69, 9.17) is 4.42 Å². The third-order valence-corrected chi connectivity index (χ3v) is 4.10.